The van der Waals surface area contributed by atoms with Crippen molar-refractivity contribution in [2.24, 2.45) is 0 Å². The van der Waals surface area contributed by atoms with Crippen molar-refractivity contribution < 1.29 is 4.79 Å². The third-order valence-electron chi connectivity index (χ3n) is 2.78. The van der Waals surface area contributed by atoms with E-state index >= 15 is 0 Å². The van der Waals surface area contributed by atoms with Gasteiger partial charge in [-0.15, -0.1) is 10.2 Å². The maximum atomic E-state index is 11.6. The predicted molar refractivity (Wildman–Crippen MR) is 72.1 cm³/mol. The Balaban J connectivity index is 1.68. The molecular formula is C12H12BrN5O. The molecule has 0 radical (unpaired) electrons. The largest absolute Gasteiger partial charge is 0.352 e. The normalized spacial score (nSPS) is 14.4. The highest BCUT2D eigenvalue weighted by Crippen LogP contribution is 2.19. The Bertz CT molecular complexity index is 590. The van der Waals surface area contributed by atoms with Crippen LogP contribution in [-0.4, -0.2) is 32.2 Å². The minimum absolute atomic E-state index is 0.0674. The van der Waals surface area contributed by atoms with Crippen molar-refractivity contribution in [3.8, 4) is 11.4 Å². The van der Waals surface area contributed by atoms with Crippen LogP contribution in [0.2, 0.25) is 0 Å². The molecule has 1 aromatic heterocycles. The van der Waals surface area contributed by atoms with Gasteiger partial charge in [0.05, 0.1) is 0 Å². The summed E-state index contributed by atoms with van der Waals surface area (Å²) < 4.78 is 0.993. The van der Waals surface area contributed by atoms with E-state index in [1.54, 1.807) is 0 Å². The molecule has 3 rings (SSSR count). The zero-order chi connectivity index (χ0) is 13.2. The van der Waals surface area contributed by atoms with Gasteiger partial charge >= 0.3 is 0 Å². The molecule has 1 amide bonds. The summed E-state index contributed by atoms with van der Waals surface area (Å²) in [7, 11) is 0. The molecule has 1 aromatic carbocycles. The smallest absolute Gasteiger partial charge is 0.243 e. The molecule has 19 heavy (non-hydrogen) atoms. The van der Waals surface area contributed by atoms with Gasteiger partial charge in [0.1, 0.15) is 6.54 Å². The SMILES string of the molecule is O=C(Cn1nnc(-c2ccc(Br)cc2)n1)NC1CC1. The Morgan fingerprint density at radius 1 is 1.37 bits per heavy atom. The first-order valence-corrected chi connectivity index (χ1v) is 6.83. The third-order valence-corrected chi connectivity index (χ3v) is 3.31. The maximum Gasteiger partial charge on any atom is 0.243 e. The van der Waals surface area contributed by atoms with Gasteiger partial charge in [0.2, 0.25) is 11.7 Å². The fourth-order valence-electron chi connectivity index (χ4n) is 1.65. The van der Waals surface area contributed by atoms with Crippen LogP contribution < -0.4 is 5.32 Å². The van der Waals surface area contributed by atoms with Gasteiger partial charge < -0.3 is 5.32 Å². The standard InChI is InChI=1S/C12H12BrN5O/c13-9-3-1-8(2-4-9)12-15-17-18(16-12)7-11(19)14-10-5-6-10/h1-4,10H,5-7H2,(H,14,19). The fourth-order valence-corrected chi connectivity index (χ4v) is 1.92. The Labute approximate surface area is 118 Å². The quantitative estimate of drug-likeness (QED) is 0.923. The number of tetrazole rings is 1. The minimum Gasteiger partial charge on any atom is -0.352 e. The van der Waals surface area contributed by atoms with Crippen LogP contribution in [0, 0.1) is 0 Å². The van der Waals surface area contributed by atoms with E-state index < -0.39 is 0 Å². The first kappa shape index (κ1) is 12.3. The zero-order valence-electron chi connectivity index (χ0n) is 10.1. The average molecular weight is 322 g/mol. The molecule has 1 aliphatic carbocycles. The fraction of sp³-hybridized carbons (Fsp3) is 0.333. The number of amides is 1. The molecule has 0 unspecified atom stereocenters. The van der Waals surface area contributed by atoms with E-state index in [1.807, 2.05) is 24.3 Å². The summed E-state index contributed by atoms with van der Waals surface area (Å²) in [5.74, 6) is 0.453. The predicted octanol–water partition coefficient (Wildman–Crippen LogP) is 1.38. The van der Waals surface area contributed by atoms with Gasteiger partial charge in [0.15, 0.2) is 0 Å². The first-order chi connectivity index (χ1) is 9.20. The molecule has 7 heteroatoms. The van der Waals surface area contributed by atoms with Crippen molar-refractivity contribution in [2.75, 3.05) is 0 Å². The van der Waals surface area contributed by atoms with Crippen LogP contribution >= 0.6 is 15.9 Å². The van der Waals surface area contributed by atoms with Crippen LogP contribution in [0.25, 0.3) is 11.4 Å². The van der Waals surface area contributed by atoms with Crippen molar-refractivity contribution in [1.82, 2.24) is 25.5 Å². The molecule has 1 fully saturated rings. The summed E-state index contributed by atoms with van der Waals surface area (Å²) >= 11 is 3.37. The number of benzene rings is 1. The van der Waals surface area contributed by atoms with E-state index in [1.165, 1.54) is 4.80 Å². The van der Waals surface area contributed by atoms with Gasteiger partial charge in [-0.25, -0.2) is 0 Å². The zero-order valence-corrected chi connectivity index (χ0v) is 11.7. The lowest BCUT2D eigenvalue weighted by atomic mass is 10.2. The lowest BCUT2D eigenvalue weighted by molar-refractivity contribution is -0.122. The molecule has 1 saturated carbocycles. The molecule has 6 nitrogen and oxygen atoms in total. The summed E-state index contributed by atoms with van der Waals surface area (Å²) in [5.41, 5.74) is 0.872. The summed E-state index contributed by atoms with van der Waals surface area (Å²) in [6, 6.07) is 7.97. The molecular weight excluding hydrogens is 310 g/mol. The average Bonchev–Trinajstić information content (AvgIpc) is 3.07. The molecule has 0 saturated heterocycles. The van der Waals surface area contributed by atoms with Gasteiger partial charge in [-0.1, -0.05) is 15.9 Å². The third kappa shape index (κ3) is 3.17. The molecule has 98 valence electrons. The van der Waals surface area contributed by atoms with Gasteiger partial charge in [0, 0.05) is 16.1 Å². The molecule has 1 heterocycles. The van der Waals surface area contributed by atoms with E-state index in [-0.39, 0.29) is 12.5 Å². The summed E-state index contributed by atoms with van der Waals surface area (Å²) in [6.45, 7) is 0.111. The number of rotatable bonds is 4. The molecule has 0 bridgehead atoms. The lowest BCUT2D eigenvalue weighted by Crippen LogP contribution is -2.30. The highest BCUT2D eigenvalue weighted by molar-refractivity contribution is 9.10. The van der Waals surface area contributed by atoms with Crippen molar-refractivity contribution in [3.05, 3.63) is 28.7 Å². The monoisotopic (exact) mass is 321 g/mol. The number of aromatic nitrogens is 4. The second-order valence-electron chi connectivity index (χ2n) is 4.49. The molecule has 2 aromatic rings. The highest BCUT2D eigenvalue weighted by atomic mass is 79.9. The van der Waals surface area contributed by atoms with Gasteiger partial charge in [-0.3, -0.25) is 4.79 Å². The summed E-state index contributed by atoms with van der Waals surface area (Å²) in [4.78, 5) is 12.9. The lowest BCUT2D eigenvalue weighted by Gasteiger charge is -2.00. The Hall–Kier alpha value is -1.76. The van der Waals surface area contributed by atoms with Crippen LogP contribution in [0.3, 0.4) is 0 Å². The molecule has 0 aliphatic heterocycles. The maximum absolute atomic E-state index is 11.6. The van der Waals surface area contributed by atoms with Crippen LogP contribution in [-0.2, 0) is 11.3 Å². The minimum atomic E-state index is -0.0674. The number of carbonyl (C=O) groups is 1. The van der Waals surface area contributed by atoms with Crippen molar-refractivity contribution in [1.29, 1.82) is 0 Å². The number of carbonyl (C=O) groups excluding carboxylic acids is 1. The highest BCUT2D eigenvalue weighted by Gasteiger charge is 2.23. The van der Waals surface area contributed by atoms with Crippen LogP contribution in [0.5, 0.6) is 0 Å². The Morgan fingerprint density at radius 3 is 2.79 bits per heavy atom. The first-order valence-electron chi connectivity index (χ1n) is 6.04. The number of hydrogen-bond acceptors (Lipinski definition) is 4. The number of halogens is 1. The van der Waals surface area contributed by atoms with Crippen molar-refractivity contribution in [3.63, 3.8) is 0 Å². The number of nitrogens with zero attached hydrogens (tertiary/aromatic N) is 4. The molecule has 0 atom stereocenters. The van der Waals surface area contributed by atoms with E-state index in [9.17, 15) is 4.79 Å². The number of nitrogens with one attached hydrogen (secondary N) is 1. The van der Waals surface area contributed by atoms with E-state index in [0.717, 1.165) is 22.9 Å². The second-order valence-corrected chi connectivity index (χ2v) is 5.41. The number of hydrogen-bond donors (Lipinski definition) is 1. The van der Waals surface area contributed by atoms with E-state index in [0.29, 0.717) is 11.9 Å². The van der Waals surface area contributed by atoms with Gasteiger partial charge in [-0.05, 0) is 42.3 Å². The van der Waals surface area contributed by atoms with E-state index in [4.69, 9.17) is 0 Å². The molecule has 1 aliphatic rings. The van der Waals surface area contributed by atoms with Crippen molar-refractivity contribution in [2.45, 2.75) is 25.4 Å². The van der Waals surface area contributed by atoms with Crippen LogP contribution in [0.1, 0.15) is 12.8 Å². The Kier molecular flexibility index (Phi) is 3.29. The van der Waals surface area contributed by atoms with Gasteiger partial charge in [-0.2, -0.15) is 4.80 Å². The Morgan fingerprint density at radius 2 is 2.11 bits per heavy atom. The van der Waals surface area contributed by atoms with Crippen molar-refractivity contribution >= 4 is 21.8 Å². The van der Waals surface area contributed by atoms with Crippen LogP contribution in [0.15, 0.2) is 28.7 Å². The molecule has 1 N–H and O–H groups in total. The van der Waals surface area contributed by atoms with Crippen LogP contribution in [0.4, 0.5) is 0 Å². The second kappa shape index (κ2) is 5.08. The summed E-state index contributed by atoms with van der Waals surface area (Å²) in [5, 5.41) is 14.9. The van der Waals surface area contributed by atoms with Gasteiger partial charge in [0.25, 0.3) is 0 Å². The molecule has 0 spiro atoms. The van der Waals surface area contributed by atoms with E-state index in [2.05, 4.69) is 36.7 Å². The topological polar surface area (TPSA) is 72.7 Å². The summed E-state index contributed by atoms with van der Waals surface area (Å²) in [6.07, 6.45) is 2.14.